The summed E-state index contributed by atoms with van der Waals surface area (Å²) in [6.07, 6.45) is -0.558. The van der Waals surface area contributed by atoms with Gasteiger partial charge in [-0.2, -0.15) is 0 Å². The Morgan fingerprint density at radius 3 is 2.69 bits per heavy atom. The second-order valence-corrected chi connectivity index (χ2v) is 6.02. The smallest absolute Gasteiger partial charge is 0.265 e. The Kier molecular flexibility index (Phi) is 4.90. The van der Waals surface area contributed by atoms with E-state index in [0.717, 1.165) is 0 Å². The summed E-state index contributed by atoms with van der Waals surface area (Å²) in [4.78, 5) is 24.3. The molecule has 2 N–H and O–H groups in total. The third-order valence-electron chi connectivity index (χ3n) is 3.86. The lowest BCUT2D eigenvalue weighted by molar-refractivity contribution is -0.122. The van der Waals surface area contributed by atoms with Gasteiger partial charge in [-0.25, -0.2) is 0 Å². The molecule has 1 atom stereocenters. The number of carbonyl (C=O) groups is 2. The molecule has 0 saturated carbocycles. The van der Waals surface area contributed by atoms with E-state index in [2.05, 4.69) is 10.6 Å². The van der Waals surface area contributed by atoms with E-state index >= 15 is 0 Å². The van der Waals surface area contributed by atoms with E-state index < -0.39 is 6.10 Å². The van der Waals surface area contributed by atoms with Crippen molar-refractivity contribution < 1.29 is 23.8 Å². The average Bonchev–Trinajstić information content (AvgIpc) is 2.62. The van der Waals surface area contributed by atoms with Crippen LogP contribution in [0.3, 0.4) is 0 Å². The third-order valence-corrected chi connectivity index (χ3v) is 4.14. The summed E-state index contributed by atoms with van der Waals surface area (Å²) < 4.78 is 15.8. The summed E-state index contributed by atoms with van der Waals surface area (Å²) in [5, 5.41) is 5.74. The number of ether oxygens (including phenoxy) is 3. The van der Waals surface area contributed by atoms with Gasteiger partial charge in [0.2, 0.25) is 0 Å². The Hall–Kier alpha value is -2.93. The summed E-state index contributed by atoms with van der Waals surface area (Å²) >= 11 is 6.14. The van der Waals surface area contributed by atoms with Crippen LogP contribution < -0.4 is 24.8 Å². The maximum atomic E-state index is 12.5. The normalized spacial score (nSPS) is 15.4. The number of anilines is 2. The fourth-order valence-corrected chi connectivity index (χ4v) is 2.83. The van der Waals surface area contributed by atoms with Gasteiger partial charge in [-0.3, -0.25) is 9.59 Å². The van der Waals surface area contributed by atoms with E-state index in [0.29, 0.717) is 34.2 Å². The number of hydrogen-bond donors (Lipinski definition) is 2. The van der Waals surface area contributed by atoms with Crippen LogP contribution >= 0.6 is 11.6 Å². The number of methoxy groups -OCH3 is 2. The molecule has 0 saturated heterocycles. The second kappa shape index (κ2) is 7.13. The Labute approximate surface area is 155 Å². The minimum atomic E-state index is -0.558. The number of halogens is 1. The highest BCUT2D eigenvalue weighted by Gasteiger charge is 2.24. The molecule has 0 unspecified atom stereocenters. The third kappa shape index (κ3) is 3.39. The monoisotopic (exact) mass is 376 g/mol. The van der Waals surface area contributed by atoms with Crippen LogP contribution in [0.1, 0.15) is 17.3 Å². The van der Waals surface area contributed by atoms with Crippen LogP contribution in [0.5, 0.6) is 17.2 Å². The first-order valence-electron chi connectivity index (χ1n) is 7.77. The first-order valence-corrected chi connectivity index (χ1v) is 8.15. The molecule has 2 amide bonds. The molecular formula is C18H17ClN2O5. The summed E-state index contributed by atoms with van der Waals surface area (Å²) in [7, 11) is 2.93. The largest absolute Gasteiger partial charge is 0.493 e. The molecule has 0 aliphatic carbocycles. The minimum absolute atomic E-state index is 0.243. The molecule has 2 aromatic rings. The van der Waals surface area contributed by atoms with Crippen molar-refractivity contribution in [3.8, 4) is 17.2 Å². The molecule has 7 nitrogen and oxygen atoms in total. The van der Waals surface area contributed by atoms with Crippen molar-refractivity contribution >= 4 is 34.8 Å². The van der Waals surface area contributed by atoms with Gasteiger partial charge in [0.1, 0.15) is 5.75 Å². The zero-order valence-corrected chi connectivity index (χ0v) is 15.1. The van der Waals surface area contributed by atoms with E-state index in [9.17, 15) is 9.59 Å². The summed E-state index contributed by atoms with van der Waals surface area (Å²) in [5.41, 5.74) is 1.30. The van der Waals surface area contributed by atoms with E-state index in [1.807, 2.05) is 0 Å². The topological polar surface area (TPSA) is 85.9 Å². The number of hydrogen-bond acceptors (Lipinski definition) is 5. The maximum Gasteiger partial charge on any atom is 0.265 e. The summed E-state index contributed by atoms with van der Waals surface area (Å²) in [6, 6.07) is 8.01. The van der Waals surface area contributed by atoms with Crippen molar-refractivity contribution in [3.63, 3.8) is 0 Å². The van der Waals surface area contributed by atoms with E-state index in [1.54, 1.807) is 25.1 Å². The highest BCUT2D eigenvalue weighted by atomic mass is 35.5. The van der Waals surface area contributed by atoms with Gasteiger partial charge in [-0.15, -0.1) is 0 Å². The minimum Gasteiger partial charge on any atom is -0.493 e. The second-order valence-electron chi connectivity index (χ2n) is 5.61. The lowest BCUT2D eigenvalue weighted by Gasteiger charge is -2.23. The molecule has 0 bridgehead atoms. The standard InChI is InChI=1S/C18H17ClN2O5/c1-9-17(22)21-13-8-11(4-5-14(13)26-9)20-18(23)10-6-12(19)16(25-3)15(7-10)24-2/h4-9H,1-3H3,(H,20,23)(H,21,22)/t9-/m1/s1. The molecule has 0 radical (unpaired) electrons. The lowest BCUT2D eigenvalue weighted by atomic mass is 10.1. The zero-order valence-electron chi connectivity index (χ0n) is 14.4. The van der Waals surface area contributed by atoms with Crippen LogP contribution in [-0.4, -0.2) is 32.1 Å². The predicted molar refractivity (Wildman–Crippen MR) is 97.7 cm³/mol. The van der Waals surface area contributed by atoms with Gasteiger partial charge in [-0.1, -0.05) is 11.6 Å². The van der Waals surface area contributed by atoms with Gasteiger partial charge < -0.3 is 24.8 Å². The maximum absolute atomic E-state index is 12.5. The number of benzene rings is 2. The van der Waals surface area contributed by atoms with Crippen molar-refractivity contribution in [2.45, 2.75) is 13.0 Å². The Morgan fingerprint density at radius 1 is 1.23 bits per heavy atom. The van der Waals surface area contributed by atoms with Crippen molar-refractivity contribution in [2.24, 2.45) is 0 Å². The van der Waals surface area contributed by atoms with Crippen molar-refractivity contribution in [1.29, 1.82) is 0 Å². The van der Waals surface area contributed by atoms with E-state index in [4.69, 9.17) is 25.8 Å². The average molecular weight is 377 g/mol. The molecular weight excluding hydrogens is 360 g/mol. The molecule has 2 aromatic carbocycles. The van der Waals surface area contributed by atoms with Gasteiger partial charge >= 0.3 is 0 Å². The van der Waals surface area contributed by atoms with Crippen molar-refractivity contribution in [2.75, 3.05) is 24.9 Å². The van der Waals surface area contributed by atoms with Gasteiger partial charge in [0.15, 0.2) is 17.6 Å². The highest BCUT2D eigenvalue weighted by molar-refractivity contribution is 6.32. The molecule has 0 aromatic heterocycles. The molecule has 8 heteroatoms. The van der Waals surface area contributed by atoms with Crippen LogP contribution in [0.25, 0.3) is 0 Å². The van der Waals surface area contributed by atoms with E-state index in [1.165, 1.54) is 26.4 Å². The molecule has 0 spiro atoms. The van der Waals surface area contributed by atoms with Gasteiger partial charge in [0.05, 0.1) is 24.9 Å². The molecule has 136 valence electrons. The predicted octanol–water partition coefficient (Wildman–Crippen LogP) is 3.33. The van der Waals surface area contributed by atoms with Crippen LogP contribution in [0.15, 0.2) is 30.3 Å². The van der Waals surface area contributed by atoms with Crippen LogP contribution in [0.2, 0.25) is 5.02 Å². The van der Waals surface area contributed by atoms with Crippen molar-refractivity contribution in [1.82, 2.24) is 0 Å². The van der Waals surface area contributed by atoms with Gasteiger partial charge in [0, 0.05) is 11.3 Å². The Bertz CT molecular complexity index is 884. The summed E-state index contributed by atoms with van der Waals surface area (Å²) in [6.45, 7) is 1.66. The summed E-state index contributed by atoms with van der Waals surface area (Å²) in [5.74, 6) is 0.625. The molecule has 26 heavy (non-hydrogen) atoms. The molecule has 0 fully saturated rings. The Balaban J connectivity index is 1.84. The molecule has 3 rings (SSSR count). The van der Waals surface area contributed by atoms with Crippen molar-refractivity contribution in [3.05, 3.63) is 40.9 Å². The number of nitrogens with one attached hydrogen (secondary N) is 2. The molecule has 1 aliphatic rings. The van der Waals surface area contributed by atoms with Crippen LogP contribution in [-0.2, 0) is 4.79 Å². The number of fused-ring (bicyclic) bond motifs is 1. The number of rotatable bonds is 4. The van der Waals surface area contributed by atoms with Gasteiger partial charge in [0.25, 0.3) is 11.8 Å². The number of amides is 2. The molecule has 1 heterocycles. The van der Waals surface area contributed by atoms with Crippen LogP contribution in [0.4, 0.5) is 11.4 Å². The SMILES string of the molecule is COc1cc(C(=O)Nc2ccc3c(c2)NC(=O)[C@@H](C)O3)cc(Cl)c1OC. The first kappa shape index (κ1) is 17.9. The molecule has 1 aliphatic heterocycles. The quantitative estimate of drug-likeness (QED) is 0.854. The Morgan fingerprint density at radius 2 is 2.00 bits per heavy atom. The fourth-order valence-electron chi connectivity index (χ4n) is 2.54. The highest BCUT2D eigenvalue weighted by Crippen LogP contribution is 2.36. The first-order chi connectivity index (χ1) is 12.4. The lowest BCUT2D eigenvalue weighted by Crippen LogP contribution is -2.34. The number of carbonyl (C=O) groups excluding carboxylic acids is 2. The fraction of sp³-hybridized carbons (Fsp3) is 0.222. The zero-order chi connectivity index (χ0) is 18.8. The van der Waals surface area contributed by atoms with E-state index in [-0.39, 0.29) is 16.8 Å². The van der Waals surface area contributed by atoms with Gasteiger partial charge in [-0.05, 0) is 37.3 Å². The van der Waals surface area contributed by atoms with Crippen LogP contribution in [0, 0.1) is 0 Å².